The summed E-state index contributed by atoms with van der Waals surface area (Å²) in [5.41, 5.74) is 10.3. The number of piperazine rings is 2. The van der Waals surface area contributed by atoms with Crippen molar-refractivity contribution in [3.63, 3.8) is 0 Å². The van der Waals surface area contributed by atoms with Crippen LogP contribution in [0.25, 0.3) is 0 Å². The van der Waals surface area contributed by atoms with Gasteiger partial charge in [-0.15, -0.1) is 0 Å². The smallest absolute Gasteiger partial charge is 0.243 e. The zero-order valence-electron chi connectivity index (χ0n) is 39.8. The summed E-state index contributed by atoms with van der Waals surface area (Å²) in [6.07, 6.45) is 10.2. The first-order chi connectivity index (χ1) is 31.4. The number of hydroxylamine groups is 4. The Balaban J connectivity index is 0.000000247. The Morgan fingerprint density at radius 1 is 0.636 bits per heavy atom. The first-order valence-electron chi connectivity index (χ1n) is 23.4. The number of rotatable bonds is 18. The fourth-order valence-corrected chi connectivity index (χ4v) is 9.64. The van der Waals surface area contributed by atoms with Crippen LogP contribution in [0.4, 0.5) is 32.1 Å². The molecule has 0 unspecified atom stereocenters. The summed E-state index contributed by atoms with van der Waals surface area (Å²) in [7, 11) is 4.09. The van der Waals surface area contributed by atoms with Crippen LogP contribution in [0.1, 0.15) is 104 Å². The number of nitrogens with zero attached hydrogens (tertiary/aromatic N) is 10. The molecule has 0 bridgehead atoms. The van der Waals surface area contributed by atoms with Gasteiger partial charge in [0.2, 0.25) is 36.3 Å². The van der Waals surface area contributed by atoms with E-state index in [-0.39, 0.29) is 73.3 Å². The lowest BCUT2D eigenvalue weighted by Gasteiger charge is -2.44. The first kappa shape index (κ1) is 51.9. The third kappa shape index (κ3) is 13.5. The van der Waals surface area contributed by atoms with Gasteiger partial charge in [-0.2, -0.15) is 8.78 Å². The summed E-state index contributed by atoms with van der Waals surface area (Å²) < 4.78 is 30.8. The highest BCUT2D eigenvalue weighted by molar-refractivity contribution is 5.81. The summed E-state index contributed by atoms with van der Waals surface area (Å²) in [4.78, 5) is 72.7. The molecule has 4 amide bonds. The van der Waals surface area contributed by atoms with E-state index in [1.54, 1.807) is 13.8 Å². The number of halogens is 2. The van der Waals surface area contributed by atoms with Crippen molar-refractivity contribution in [3.05, 3.63) is 23.3 Å². The molecule has 6 rings (SSSR count). The van der Waals surface area contributed by atoms with Crippen LogP contribution in [0.5, 0.6) is 0 Å². The third-order valence-electron chi connectivity index (χ3n) is 14.2. The van der Waals surface area contributed by atoms with E-state index >= 15 is 8.78 Å². The van der Waals surface area contributed by atoms with Crippen molar-refractivity contribution in [3.8, 4) is 0 Å². The van der Waals surface area contributed by atoms with E-state index < -0.39 is 35.3 Å². The molecule has 2 saturated carbocycles. The van der Waals surface area contributed by atoms with E-state index in [1.165, 1.54) is 0 Å². The Morgan fingerprint density at radius 2 is 0.985 bits per heavy atom. The molecule has 0 aromatic carbocycles. The van der Waals surface area contributed by atoms with Gasteiger partial charge >= 0.3 is 0 Å². The Bertz CT molecular complexity index is 1810. The van der Waals surface area contributed by atoms with Crippen LogP contribution in [0.15, 0.2) is 0 Å². The lowest BCUT2D eigenvalue weighted by atomic mass is 9.92. The molecule has 6 atom stereocenters. The fourth-order valence-electron chi connectivity index (χ4n) is 9.64. The highest BCUT2D eigenvalue weighted by Gasteiger charge is 2.35. The number of hydrazine groups is 2. The number of hydrogen-bond donors (Lipinski definition) is 6. The maximum atomic E-state index is 15.4. The summed E-state index contributed by atoms with van der Waals surface area (Å²) in [6, 6.07) is 0.537. The van der Waals surface area contributed by atoms with Gasteiger partial charge in [0, 0.05) is 50.3 Å². The number of carbonyl (C=O) groups excluding carboxylic acids is 4. The van der Waals surface area contributed by atoms with Crippen molar-refractivity contribution in [2.75, 3.05) is 74.0 Å². The van der Waals surface area contributed by atoms with Crippen LogP contribution in [0.3, 0.4) is 0 Å². The fraction of sp³-hybridized carbons (Fsp3) is 0.727. The number of carbonyl (C=O) groups is 4. The standard InChI is InChI=1S/2C22H36FN7O3/c2*1-14-15(2)30(10-9-28(14)4)21-19(23)20(24-16(3)25-21)26-27-22(32)18(12-29(33)13-31)11-17-7-5-6-8-17/h2*13-15,17-18,33H,5-12H2,1-4H3,(H,27,32)(H,24,25,26)/t2*14-,15-,18+/m00/s1. The number of aromatic nitrogens is 4. The first-order valence-corrected chi connectivity index (χ1v) is 23.4. The maximum absolute atomic E-state index is 15.4. The van der Waals surface area contributed by atoms with Crippen LogP contribution in [-0.4, -0.2) is 152 Å². The SMILES string of the molecule is Cc1nc(NNC(=O)[C@H](CC2CCCC2)CN(O)C=O)c(F)c(N2CCN(C)[C@@H](C)[C@@H]2C)n1.Cc1nc(NNC(=O)[C@H](CC2CCCC2)CN(O)C=O)c(F)c(N2CCN(C)[C@@H](C)[C@@H]2C)n1. The number of nitrogens with one attached hydrogen (secondary N) is 4. The number of anilines is 4. The van der Waals surface area contributed by atoms with E-state index in [9.17, 15) is 29.6 Å². The minimum atomic E-state index is -0.631. The minimum Gasteiger partial charge on any atom is -0.348 e. The Kier molecular flexibility index (Phi) is 19.0. The maximum Gasteiger partial charge on any atom is 0.243 e. The Labute approximate surface area is 387 Å². The largest absolute Gasteiger partial charge is 0.348 e. The van der Waals surface area contributed by atoms with Crippen LogP contribution in [0.2, 0.25) is 0 Å². The monoisotopic (exact) mass is 931 g/mol. The van der Waals surface area contributed by atoms with E-state index in [0.29, 0.717) is 59.5 Å². The molecule has 6 N–H and O–H groups in total. The molecular formula is C44H72F2N14O6. The molecule has 2 saturated heterocycles. The van der Waals surface area contributed by atoms with Gasteiger partial charge in [0.25, 0.3) is 0 Å². The normalized spacial score (nSPS) is 22.8. The second-order valence-corrected chi connectivity index (χ2v) is 18.7. The molecule has 2 aromatic rings. The van der Waals surface area contributed by atoms with Crippen LogP contribution in [-0.2, 0) is 19.2 Å². The van der Waals surface area contributed by atoms with Crippen LogP contribution in [0, 0.1) is 49.2 Å². The van der Waals surface area contributed by atoms with Gasteiger partial charge in [-0.3, -0.25) is 61.1 Å². The van der Waals surface area contributed by atoms with Crippen molar-refractivity contribution < 1.29 is 38.4 Å². The highest BCUT2D eigenvalue weighted by Crippen LogP contribution is 2.33. The van der Waals surface area contributed by atoms with Crippen molar-refractivity contribution in [1.29, 1.82) is 0 Å². The van der Waals surface area contributed by atoms with Gasteiger partial charge < -0.3 is 9.80 Å². The number of likely N-dealkylation sites (N-methyl/N-ethyl adjacent to an activating group) is 2. The van der Waals surface area contributed by atoms with E-state index in [0.717, 1.165) is 64.5 Å². The summed E-state index contributed by atoms with van der Waals surface area (Å²) in [5, 5.41) is 20.2. The number of hydrogen-bond acceptors (Lipinski definition) is 16. The van der Waals surface area contributed by atoms with Crippen LogP contribution >= 0.6 is 0 Å². The van der Waals surface area contributed by atoms with Gasteiger partial charge in [0.15, 0.2) is 23.3 Å². The van der Waals surface area contributed by atoms with E-state index in [2.05, 4.69) is 65.3 Å². The molecule has 20 nitrogen and oxygen atoms in total. The summed E-state index contributed by atoms with van der Waals surface area (Å²) >= 11 is 0. The van der Waals surface area contributed by atoms with Crippen molar-refractivity contribution >= 4 is 47.9 Å². The molecule has 2 aliphatic heterocycles. The molecule has 4 heterocycles. The zero-order valence-corrected chi connectivity index (χ0v) is 39.8. The summed E-state index contributed by atoms with van der Waals surface area (Å²) in [5.74, 6) is -1.68. The summed E-state index contributed by atoms with van der Waals surface area (Å²) in [6.45, 7) is 14.2. The predicted molar refractivity (Wildman–Crippen MR) is 244 cm³/mol. The third-order valence-corrected chi connectivity index (χ3v) is 14.2. The average Bonchev–Trinajstić information content (AvgIpc) is 4.02. The van der Waals surface area contributed by atoms with E-state index in [4.69, 9.17) is 0 Å². The number of aryl methyl sites for hydroxylation is 2. The molecule has 2 aromatic heterocycles. The lowest BCUT2D eigenvalue weighted by molar-refractivity contribution is -0.155. The zero-order chi connectivity index (χ0) is 48.2. The molecule has 22 heteroatoms. The minimum absolute atomic E-state index is 0.0460. The van der Waals surface area contributed by atoms with Crippen molar-refractivity contribution in [2.24, 2.45) is 23.7 Å². The van der Waals surface area contributed by atoms with Crippen LogP contribution < -0.4 is 31.5 Å². The van der Waals surface area contributed by atoms with Crippen molar-refractivity contribution in [2.45, 2.75) is 130 Å². The molecular weight excluding hydrogens is 859 g/mol. The second-order valence-electron chi connectivity index (χ2n) is 18.7. The molecule has 368 valence electrons. The molecule has 0 radical (unpaired) electrons. The lowest BCUT2D eigenvalue weighted by Crippen LogP contribution is -2.56. The van der Waals surface area contributed by atoms with Gasteiger partial charge in [-0.25, -0.2) is 30.1 Å². The molecule has 0 spiro atoms. The Hall–Kier alpha value is -5.06. The topological polar surface area (TPSA) is 228 Å². The highest BCUT2D eigenvalue weighted by atomic mass is 19.1. The quantitative estimate of drug-likeness (QED) is 0.0709. The number of amides is 4. The average molecular weight is 931 g/mol. The predicted octanol–water partition coefficient (Wildman–Crippen LogP) is 3.88. The van der Waals surface area contributed by atoms with E-state index in [1.807, 2.05) is 37.7 Å². The van der Waals surface area contributed by atoms with Gasteiger partial charge in [0.1, 0.15) is 11.6 Å². The van der Waals surface area contributed by atoms with Gasteiger partial charge in [-0.05, 0) is 80.3 Å². The van der Waals surface area contributed by atoms with Gasteiger partial charge in [0.05, 0.1) is 24.9 Å². The molecule has 66 heavy (non-hydrogen) atoms. The van der Waals surface area contributed by atoms with Crippen molar-refractivity contribution in [1.82, 2.24) is 50.7 Å². The second kappa shape index (κ2) is 24.1. The molecule has 2 aliphatic carbocycles. The molecule has 4 aliphatic rings. The molecule has 4 fully saturated rings. The Morgan fingerprint density at radius 3 is 1.32 bits per heavy atom. The van der Waals surface area contributed by atoms with Gasteiger partial charge in [-0.1, -0.05) is 51.4 Å².